The van der Waals surface area contributed by atoms with Crippen molar-refractivity contribution in [2.24, 2.45) is 5.73 Å². The molecule has 0 bridgehead atoms. The van der Waals surface area contributed by atoms with Gasteiger partial charge in [0.25, 0.3) is 0 Å². The summed E-state index contributed by atoms with van der Waals surface area (Å²) in [6.45, 7) is 2.81. The number of ether oxygens (including phenoxy) is 1. The molecule has 2 atom stereocenters. The Kier molecular flexibility index (Phi) is 5.05. The molecule has 2 N–H and O–H groups in total. The summed E-state index contributed by atoms with van der Waals surface area (Å²) < 4.78 is 6.26. The van der Waals surface area contributed by atoms with Crippen LogP contribution in [0.5, 0.6) is 5.75 Å². The Bertz CT molecular complexity index is 493. The quantitative estimate of drug-likeness (QED) is 0.916. The molecule has 0 aliphatic carbocycles. The molecule has 2 rings (SSSR count). The number of methoxy groups -OCH3 is 1. The highest BCUT2D eigenvalue weighted by molar-refractivity contribution is 9.10. The number of benzene rings is 1. The largest absolute Gasteiger partial charge is 0.497 e. The number of halogens is 1. The molecule has 1 amide bonds. The number of piperidine rings is 1. The van der Waals surface area contributed by atoms with E-state index in [1.165, 1.54) is 0 Å². The van der Waals surface area contributed by atoms with Crippen molar-refractivity contribution in [1.29, 1.82) is 0 Å². The Balaban J connectivity index is 2.42. The molecule has 1 aliphatic rings. The normalized spacial score (nSPS) is 23.0. The highest BCUT2D eigenvalue weighted by Gasteiger charge is 2.35. The molecule has 0 aromatic heterocycles. The maximum atomic E-state index is 12.2. The average Bonchev–Trinajstić information content (AvgIpc) is 2.44. The molecule has 1 aromatic carbocycles. The number of carbonyl (C=O) groups excluding carboxylic acids is 1. The van der Waals surface area contributed by atoms with Crippen molar-refractivity contribution in [2.45, 2.75) is 38.3 Å². The number of rotatable bonds is 4. The molecule has 110 valence electrons. The lowest BCUT2D eigenvalue weighted by atomic mass is 9.90. The lowest BCUT2D eigenvalue weighted by Crippen LogP contribution is -2.49. The van der Waals surface area contributed by atoms with Gasteiger partial charge in [-0.2, -0.15) is 0 Å². The van der Waals surface area contributed by atoms with Crippen molar-refractivity contribution in [3.63, 3.8) is 0 Å². The molecular formula is C15H21BrN2O2. The van der Waals surface area contributed by atoms with Gasteiger partial charge in [0.1, 0.15) is 5.75 Å². The molecule has 0 saturated carbocycles. The summed E-state index contributed by atoms with van der Waals surface area (Å²) >= 11 is 3.57. The second-order valence-electron chi connectivity index (χ2n) is 5.12. The molecule has 2 unspecified atom stereocenters. The molecular weight excluding hydrogens is 320 g/mol. The van der Waals surface area contributed by atoms with E-state index < -0.39 is 0 Å². The zero-order chi connectivity index (χ0) is 14.7. The van der Waals surface area contributed by atoms with Crippen LogP contribution in [-0.2, 0) is 4.79 Å². The van der Waals surface area contributed by atoms with E-state index in [1.54, 1.807) is 7.11 Å². The van der Waals surface area contributed by atoms with E-state index in [0.29, 0.717) is 6.42 Å². The smallest absolute Gasteiger partial charge is 0.223 e. The molecule has 4 nitrogen and oxygen atoms in total. The number of hydrogen-bond acceptors (Lipinski definition) is 3. The summed E-state index contributed by atoms with van der Waals surface area (Å²) in [6.07, 6.45) is 2.20. The van der Waals surface area contributed by atoms with Gasteiger partial charge in [-0.3, -0.25) is 4.79 Å². The van der Waals surface area contributed by atoms with E-state index in [4.69, 9.17) is 10.5 Å². The van der Waals surface area contributed by atoms with Crippen molar-refractivity contribution in [1.82, 2.24) is 4.90 Å². The van der Waals surface area contributed by atoms with Crippen molar-refractivity contribution >= 4 is 21.8 Å². The molecule has 1 saturated heterocycles. The van der Waals surface area contributed by atoms with Crippen LogP contribution in [0.25, 0.3) is 0 Å². The SMILES string of the molecule is CCCN1C(=O)CCC(N)C1c1cc(OC)ccc1Br. The number of nitrogens with two attached hydrogens (primary N) is 1. The molecule has 1 aliphatic heterocycles. The Morgan fingerprint density at radius 2 is 2.25 bits per heavy atom. The molecule has 0 spiro atoms. The minimum atomic E-state index is -0.0827. The van der Waals surface area contributed by atoms with Crippen LogP contribution in [-0.4, -0.2) is 30.5 Å². The van der Waals surface area contributed by atoms with E-state index in [2.05, 4.69) is 22.9 Å². The molecule has 0 radical (unpaired) electrons. The van der Waals surface area contributed by atoms with E-state index in [1.807, 2.05) is 23.1 Å². The van der Waals surface area contributed by atoms with Crippen LogP contribution >= 0.6 is 15.9 Å². The molecule has 1 fully saturated rings. The maximum Gasteiger partial charge on any atom is 0.223 e. The van der Waals surface area contributed by atoms with Crippen LogP contribution in [0.1, 0.15) is 37.8 Å². The average molecular weight is 341 g/mol. The van der Waals surface area contributed by atoms with Crippen LogP contribution in [0, 0.1) is 0 Å². The summed E-state index contributed by atoms with van der Waals surface area (Å²) in [7, 11) is 1.64. The van der Waals surface area contributed by atoms with E-state index in [9.17, 15) is 4.79 Å². The minimum Gasteiger partial charge on any atom is -0.497 e. The zero-order valence-corrected chi connectivity index (χ0v) is 13.5. The first kappa shape index (κ1) is 15.3. The van der Waals surface area contributed by atoms with Crippen molar-refractivity contribution in [3.8, 4) is 5.75 Å². The summed E-state index contributed by atoms with van der Waals surface area (Å²) in [5, 5.41) is 0. The van der Waals surface area contributed by atoms with Gasteiger partial charge >= 0.3 is 0 Å². The van der Waals surface area contributed by atoms with Crippen LogP contribution in [0.2, 0.25) is 0 Å². The van der Waals surface area contributed by atoms with Crippen LogP contribution in [0.15, 0.2) is 22.7 Å². The van der Waals surface area contributed by atoms with Gasteiger partial charge in [0.15, 0.2) is 0 Å². The third kappa shape index (κ3) is 2.99. The molecule has 5 heteroatoms. The summed E-state index contributed by atoms with van der Waals surface area (Å²) in [5.74, 6) is 0.971. The zero-order valence-electron chi connectivity index (χ0n) is 11.9. The number of nitrogens with zero attached hydrogens (tertiary/aromatic N) is 1. The lowest BCUT2D eigenvalue weighted by molar-refractivity contribution is -0.137. The number of likely N-dealkylation sites (tertiary alicyclic amines) is 1. The van der Waals surface area contributed by atoms with Crippen LogP contribution in [0.3, 0.4) is 0 Å². The topological polar surface area (TPSA) is 55.6 Å². The van der Waals surface area contributed by atoms with Gasteiger partial charge in [0.2, 0.25) is 5.91 Å². The fourth-order valence-electron chi connectivity index (χ4n) is 2.76. The highest BCUT2D eigenvalue weighted by atomic mass is 79.9. The first-order valence-corrected chi connectivity index (χ1v) is 7.76. The van der Waals surface area contributed by atoms with Gasteiger partial charge in [0, 0.05) is 23.5 Å². The predicted molar refractivity (Wildman–Crippen MR) is 82.6 cm³/mol. The second-order valence-corrected chi connectivity index (χ2v) is 5.98. The number of carbonyl (C=O) groups is 1. The van der Waals surface area contributed by atoms with Gasteiger partial charge < -0.3 is 15.4 Å². The number of amides is 1. The lowest BCUT2D eigenvalue weighted by Gasteiger charge is -2.40. The monoisotopic (exact) mass is 340 g/mol. The third-order valence-corrected chi connectivity index (χ3v) is 4.46. The summed E-state index contributed by atoms with van der Waals surface area (Å²) in [4.78, 5) is 14.1. The van der Waals surface area contributed by atoms with Crippen LogP contribution < -0.4 is 10.5 Å². The van der Waals surface area contributed by atoms with Crippen LogP contribution in [0.4, 0.5) is 0 Å². The van der Waals surface area contributed by atoms with Gasteiger partial charge in [-0.1, -0.05) is 22.9 Å². The Labute approximate surface area is 128 Å². The first-order chi connectivity index (χ1) is 9.58. The Hall–Kier alpha value is -1.07. The fourth-order valence-corrected chi connectivity index (χ4v) is 3.24. The summed E-state index contributed by atoms with van der Waals surface area (Å²) in [5.41, 5.74) is 7.33. The molecule has 1 aromatic rings. The first-order valence-electron chi connectivity index (χ1n) is 6.97. The van der Waals surface area contributed by atoms with Gasteiger partial charge in [-0.25, -0.2) is 0 Å². The third-order valence-electron chi connectivity index (χ3n) is 3.74. The van der Waals surface area contributed by atoms with Gasteiger partial charge in [-0.15, -0.1) is 0 Å². The predicted octanol–water partition coefficient (Wildman–Crippen LogP) is 2.86. The van der Waals surface area contributed by atoms with Gasteiger partial charge in [-0.05, 0) is 36.6 Å². The Morgan fingerprint density at radius 3 is 2.90 bits per heavy atom. The summed E-state index contributed by atoms with van der Waals surface area (Å²) in [6, 6.07) is 5.69. The minimum absolute atomic E-state index is 0.0392. The van der Waals surface area contributed by atoms with Crippen molar-refractivity contribution in [2.75, 3.05) is 13.7 Å². The maximum absolute atomic E-state index is 12.2. The van der Waals surface area contributed by atoms with E-state index in [-0.39, 0.29) is 18.0 Å². The standard InChI is InChI=1S/C15H21BrN2O2/c1-3-8-18-14(19)7-6-13(17)15(18)11-9-10(20-2)4-5-12(11)16/h4-5,9,13,15H,3,6-8,17H2,1-2H3. The fraction of sp³-hybridized carbons (Fsp3) is 0.533. The van der Waals surface area contributed by atoms with Crippen molar-refractivity contribution in [3.05, 3.63) is 28.2 Å². The number of hydrogen-bond donors (Lipinski definition) is 1. The second kappa shape index (κ2) is 6.59. The molecule has 1 heterocycles. The van der Waals surface area contributed by atoms with E-state index >= 15 is 0 Å². The van der Waals surface area contributed by atoms with Crippen molar-refractivity contribution < 1.29 is 9.53 Å². The van der Waals surface area contributed by atoms with Gasteiger partial charge in [0.05, 0.1) is 13.2 Å². The molecule has 20 heavy (non-hydrogen) atoms. The van der Waals surface area contributed by atoms with E-state index in [0.717, 1.165) is 35.2 Å². The Morgan fingerprint density at radius 1 is 1.50 bits per heavy atom. The highest BCUT2D eigenvalue weighted by Crippen LogP contribution is 2.36.